The van der Waals surface area contributed by atoms with E-state index in [1.807, 2.05) is 13.8 Å². The van der Waals surface area contributed by atoms with Gasteiger partial charge < -0.3 is 15.0 Å². The summed E-state index contributed by atoms with van der Waals surface area (Å²) in [6.07, 6.45) is 1.07. The second-order valence-electron chi connectivity index (χ2n) is 8.85. The van der Waals surface area contributed by atoms with Gasteiger partial charge in [0, 0.05) is 18.1 Å². The normalized spacial score (nSPS) is 11.9. The van der Waals surface area contributed by atoms with E-state index in [1.54, 1.807) is 66.7 Å². The summed E-state index contributed by atoms with van der Waals surface area (Å²) in [5.74, 6) is -0.329. The van der Waals surface area contributed by atoms with Gasteiger partial charge >= 0.3 is 0 Å². The van der Waals surface area contributed by atoms with E-state index in [4.69, 9.17) is 16.3 Å². The van der Waals surface area contributed by atoms with Crippen LogP contribution in [0.4, 0.5) is 5.69 Å². The third kappa shape index (κ3) is 7.52. The molecule has 10 heteroatoms. The molecule has 0 bridgehead atoms. The van der Waals surface area contributed by atoms with Crippen molar-refractivity contribution >= 4 is 39.1 Å². The Morgan fingerprint density at radius 1 is 0.949 bits per heavy atom. The fourth-order valence-corrected chi connectivity index (χ4v) is 5.70. The monoisotopic (exact) mass is 571 g/mol. The van der Waals surface area contributed by atoms with Crippen molar-refractivity contribution in [2.24, 2.45) is 0 Å². The number of carbonyl (C=O) groups excluding carboxylic acids is 2. The Morgan fingerprint density at radius 3 is 2.18 bits per heavy atom. The molecule has 208 valence electrons. The van der Waals surface area contributed by atoms with Crippen LogP contribution in [0.3, 0.4) is 0 Å². The SMILES string of the molecule is CCCNC(=O)[C@H](CC)N(Cc1ccccc1Cl)C(=O)CN(c1ccccc1)S(=O)(=O)c1ccc(OC)cc1. The Morgan fingerprint density at radius 2 is 1.59 bits per heavy atom. The standard InChI is InChI=1S/C29H34ClN3O5S/c1-4-19-31-29(35)27(5-2)32(20-22-11-9-10-14-26(22)30)28(34)21-33(23-12-7-6-8-13-23)39(36,37)25-17-15-24(38-3)16-18-25/h6-18,27H,4-5,19-21H2,1-3H3,(H,31,35)/t27-/m0/s1. The van der Waals surface area contributed by atoms with Gasteiger partial charge in [0.1, 0.15) is 18.3 Å². The third-order valence-corrected chi connectivity index (χ3v) is 8.36. The number of hydrogen-bond donors (Lipinski definition) is 1. The van der Waals surface area contributed by atoms with Crippen LogP contribution < -0.4 is 14.4 Å². The number of ether oxygens (including phenoxy) is 1. The van der Waals surface area contributed by atoms with Crippen LogP contribution in [0.2, 0.25) is 5.02 Å². The van der Waals surface area contributed by atoms with Crippen LogP contribution in [0.5, 0.6) is 5.75 Å². The van der Waals surface area contributed by atoms with Gasteiger partial charge in [-0.25, -0.2) is 8.42 Å². The molecule has 0 aromatic heterocycles. The zero-order valence-corrected chi connectivity index (χ0v) is 23.9. The first kappa shape index (κ1) is 30.0. The van der Waals surface area contributed by atoms with Gasteiger partial charge in [0.05, 0.1) is 17.7 Å². The zero-order chi connectivity index (χ0) is 28.4. The maximum absolute atomic E-state index is 14.0. The minimum absolute atomic E-state index is 0.00494. The lowest BCUT2D eigenvalue weighted by Crippen LogP contribution is -2.52. The smallest absolute Gasteiger partial charge is 0.264 e. The first-order chi connectivity index (χ1) is 18.7. The summed E-state index contributed by atoms with van der Waals surface area (Å²) < 4.78 is 33.9. The fourth-order valence-electron chi connectivity index (χ4n) is 4.09. The van der Waals surface area contributed by atoms with E-state index in [0.717, 1.165) is 10.7 Å². The number of methoxy groups -OCH3 is 1. The molecule has 0 fully saturated rings. The minimum Gasteiger partial charge on any atom is -0.497 e. The first-order valence-corrected chi connectivity index (χ1v) is 14.6. The summed E-state index contributed by atoms with van der Waals surface area (Å²) in [5.41, 5.74) is 0.973. The van der Waals surface area contributed by atoms with Crippen LogP contribution in [-0.4, -0.2) is 51.4 Å². The molecule has 0 radical (unpaired) electrons. The van der Waals surface area contributed by atoms with Crippen LogP contribution in [0, 0.1) is 0 Å². The van der Waals surface area contributed by atoms with Gasteiger partial charge in [-0.1, -0.05) is 61.8 Å². The Balaban J connectivity index is 2.03. The van der Waals surface area contributed by atoms with Crippen LogP contribution in [0.1, 0.15) is 32.3 Å². The van der Waals surface area contributed by atoms with E-state index >= 15 is 0 Å². The van der Waals surface area contributed by atoms with Crippen molar-refractivity contribution in [3.8, 4) is 5.75 Å². The van der Waals surface area contributed by atoms with Crippen molar-refractivity contribution in [2.75, 3.05) is 24.5 Å². The summed E-state index contributed by atoms with van der Waals surface area (Å²) in [6.45, 7) is 3.75. The van der Waals surface area contributed by atoms with Gasteiger partial charge in [-0.3, -0.25) is 13.9 Å². The average molecular weight is 572 g/mol. The highest BCUT2D eigenvalue weighted by Gasteiger charge is 2.33. The maximum Gasteiger partial charge on any atom is 0.264 e. The molecule has 3 aromatic carbocycles. The Bertz CT molecular complexity index is 1350. The number of benzene rings is 3. The summed E-state index contributed by atoms with van der Waals surface area (Å²) in [4.78, 5) is 28.5. The van der Waals surface area contributed by atoms with Crippen molar-refractivity contribution < 1.29 is 22.7 Å². The van der Waals surface area contributed by atoms with Gasteiger partial charge in [0.25, 0.3) is 10.0 Å². The number of hydrogen-bond acceptors (Lipinski definition) is 5. The van der Waals surface area contributed by atoms with Crippen molar-refractivity contribution in [1.82, 2.24) is 10.2 Å². The summed E-state index contributed by atoms with van der Waals surface area (Å²) >= 11 is 6.41. The molecule has 2 amide bonds. The van der Waals surface area contributed by atoms with Crippen molar-refractivity contribution in [3.05, 3.63) is 89.4 Å². The maximum atomic E-state index is 14.0. The number of carbonyl (C=O) groups is 2. The largest absolute Gasteiger partial charge is 0.497 e. The molecular weight excluding hydrogens is 538 g/mol. The number of para-hydroxylation sites is 1. The highest BCUT2D eigenvalue weighted by molar-refractivity contribution is 7.92. The van der Waals surface area contributed by atoms with E-state index < -0.39 is 28.5 Å². The van der Waals surface area contributed by atoms with E-state index in [0.29, 0.717) is 35.0 Å². The number of amides is 2. The van der Waals surface area contributed by atoms with Gasteiger partial charge in [0.2, 0.25) is 11.8 Å². The number of halogens is 1. The van der Waals surface area contributed by atoms with Crippen LogP contribution >= 0.6 is 11.6 Å². The first-order valence-electron chi connectivity index (χ1n) is 12.7. The molecule has 0 saturated carbocycles. The van der Waals surface area contributed by atoms with Crippen molar-refractivity contribution in [2.45, 2.75) is 44.2 Å². The highest BCUT2D eigenvalue weighted by atomic mass is 35.5. The topological polar surface area (TPSA) is 96.0 Å². The van der Waals surface area contributed by atoms with Gasteiger partial charge in [-0.2, -0.15) is 0 Å². The molecule has 0 aliphatic heterocycles. The molecule has 8 nitrogen and oxygen atoms in total. The van der Waals surface area contributed by atoms with Crippen molar-refractivity contribution in [3.63, 3.8) is 0 Å². The number of anilines is 1. The molecule has 1 atom stereocenters. The number of nitrogens with zero attached hydrogens (tertiary/aromatic N) is 2. The third-order valence-electron chi connectivity index (χ3n) is 6.20. The predicted octanol–water partition coefficient (Wildman–Crippen LogP) is 4.88. The molecule has 0 saturated heterocycles. The lowest BCUT2D eigenvalue weighted by atomic mass is 10.1. The number of rotatable bonds is 13. The van der Waals surface area contributed by atoms with Crippen LogP contribution in [-0.2, 0) is 26.2 Å². The highest BCUT2D eigenvalue weighted by Crippen LogP contribution is 2.26. The Hall–Kier alpha value is -3.56. The van der Waals surface area contributed by atoms with E-state index in [1.165, 1.54) is 24.1 Å². The van der Waals surface area contributed by atoms with Crippen molar-refractivity contribution in [1.29, 1.82) is 0 Å². The molecule has 3 rings (SSSR count). The molecule has 39 heavy (non-hydrogen) atoms. The minimum atomic E-state index is -4.15. The lowest BCUT2D eigenvalue weighted by molar-refractivity contribution is -0.140. The lowest BCUT2D eigenvalue weighted by Gasteiger charge is -2.33. The van der Waals surface area contributed by atoms with Gasteiger partial charge in [-0.05, 0) is 60.9 Å². The second-order valence-corrected chi connectivity index (χ2v) is 11.1. The molecule has 0 aliphatic carbocycles. The molecular formula is C29H34ClN3O5S. The zero-order valence-electron chi connectivity index (χ0n) is 22.3. The molecule has 0 heterocycles. The van der Waals surface area contributed by atoms with E-state index in [-0.39, 0.29) is 17.3 Å². The number of sulfonamides is 1. The Kier molecular flexibility index (Phi) is 10.8. The predicted molar refractivity (Wildman–Crippen MR) is 153 cm³/mol. The van der Waals surface area contributed by atoms with E-state index in [9.17, 15) is 18.0 Å². The van der Waals surface area contributed by atoms with E-state index in [2.05, 4.69) is 5.32 Å². The molecule has 0 unspecified atom stereocenters. The van der Waals surface area contributed by atoms with Gasteiger partial charge in [-0.15, -0.1) is 0 Å². The quantitative estimate of drug-likeness (QED) is 0.315. The van der Waals surface area contributed by atoms with Crippen LogP contribution in [0.15, 0.2) is 83.8 Å². The van der Waals surface area contributed by atoms with Gasteiger partial charge in [0.15, 0.2) is 0 Å². The summed E-state index contributed by atoms with van der Waals surface area (Å²) in [5, 5.41) is 3.31. The molecule has 1 N–H and O–H groups in total. The van der Waals surface area contributed by atoms with Crippen LogP contribution in [0.25, 0.3) is 0 Å². The molecule has 0 spiro atoms. The Labute approximate surface area is 235 Å². The molecule has 3 aromatic rings. The fraction of sp³-hybridized carbons (Fsp3) is 0.310. The molecule has 0 aliphatic rings. The average Bonchev–Trinajstić information content (AvgIpc) is 2.95. The number of nitrogens with one attached hydrogen (secondary N) is 1. The summed E-state index contributed by atoms with van der Waals surface area (Å²) in [7, 11) is -2.66. The summed E-state index contributed by atoms with van der Waals surface area (Å²) in [6, 6.07) is 20.6. The second kappa shape index (κ2) is 14.0.